The van der Waals surface area contributed by atoms with Crippen LogP contribution in [-0.2, 0) is 9.47 Å². The first kappa shape index (κ1) is 10.7. The molecule has 0 radical (unpaired) electrons. The number of aliphatic hydroxyl groups excluding tert-OH is 1. The van der Waals surface area contributed by atoms with Gasteiger partial charge in [-0.1, -0.05) is 6.07 Å². The van der Waals surface area contributed by atoms with Gasteiger partial charge in [-0.2, -0.15) is 0 Å². The van der Waals surface area contributed by atoms with E-state index in [0.717, 1.165) is 4.88 Å². The van der Waals surface area contributed by atoms with Gasteiger partial charge in [0.1, 0.15) is 6.10 Å². The third kappa shape index (κ3) is 3.87. The number of hydrogen-bond acceptors (Lipinski definition) is 4. The molecule has 1 unspecified atom stereocenters. The number of hydrogen-bond donors (Lipinski definition) is 1. The highest BCUT2D eigenvalue weighted by molar-refractivity contribution is 7.10. The van der Waals surface area contributed by atoms with Crippen LogP contribution in [0, 0.1) is 0 Å². The zero-order valence-electron chi connectivity index (χ0n) is 7.60. The zero-order chi connectivity index (χ0) is 9.52. The first-order valence-electron chi connectivity index (χ1n) is 4.12. The Morgan fingerprint density at radius 3 is 3.00 bits per heavy atom. The maximum absolute atomic E-state index is 9.55. The molecule has 3 nitrogen and oxygen atoms in total. The molecule has 74 valence electrons. The molecule has 0 spiro atoms. The Morgan fingerprint density at radius 1 is 1.54 bits per heavy atom. The number of ether oxygens (including phenoxy) is 2. The summed E-state index contributed by atoms with van der Waals surface area (Å²) in [4.78, 5) is 0.942. The van der Waals surface area contributed by atoms with E-state index in [1.807, 2.05) is 17.5 Å². The summed E-state index contributed by atoms with van der Waals surface area (Å²) in [5.74, 6) is 0. The predicted molar refractivity (Wildman–Crippen MR) is 52.0 cm³/mol. The lowest BCUT2D eigenvalue weighted by atomic mass is 10.3. The van der Waals surface area contributed by atoms with E-state index in [4.69, 9.17) is 9.47 Å². The van der Waals surface area contributed by atoms with Crippen molar-refractivity contribution in [3.63, 3.8) is 0 Å². The van der Waals surface area contributed by atoms with E-state index in [1.165, 1.54) is 11.3 Å². The lowest BCUT2D eigenvalue weighted by molar-refractivity contribution is 0.0139. The first-order chi connectivity index (χ1) is 6.34. The minimum absolute atomic E-state index is 0.337. The van der Waals surface area contributed by atoms with Crippen molar-refractivity contribution in [1.29, 1.82) is 0 Å². The van der Waals surface area contributed by atoms with Crippen LogP contribution in [0.25, 0.3) is 0 Å². The second-order valence-corrected chi connectivity index (χ2v) is 3.58. The van der Waals surface area contributed by atoms with E-state index in [2.05, 4.69) is 0 Å². The molecule has 0 aliphatic rings. The Hall–Kier alpha value is -0.420. The van der Waals surface area contributed by atoms with Crippen LogP contribution in [0.5, 0.6) is 0 Å². The van der Waals surface area contributed by atoms with Crippen LogP contribution < -0.4 is 0 Å². The van der Waals surface area contributed by atoms with E-state index < -0.39 is 6.10 Å². The minimum atomic E-state index is -0.503. The average molecular weight is 202 g/mol. The molecule has 1 N–H and O–H groups in total. The van der Waals surface area contributed by atoms with Crippen LogP contribution in [0.2, 0.25) is 0 Å². The number of rotatable bonds is 6. The van der Waals surface area contributed by atoms with Crippen LogP contribution in [-0.4, -0.2) is 32.0 Å². The van der Waals surface area contributed by atoms with Gasteiger partial charge in [-0.3, -0.25) is 0 Å². The molecule has 0 aliphatic heterocycles. The summed E-state index contributed by atoms with van der Waals surface area (Å²) >= 11 is 1.53. The second-order valence-electron chi connectivity index (χ2n) is 2.60. The van der Waals surface area contributed by atoms with Crippen molar-refractivity contribution < 1.29 is 14.6 Å². The highest BCUT2D eigenvalue weighted by atomic mass is 32.1. The Morgan fingerprint density at radius 2 is 2.38 bits per heavy atom. The van der Waals surface area contributed by atoms with E-state index >= 15 is 0 Å². The molecule has 0 aromatic carbocycles. The molecule has 0 fully saturated rings. The summed E-state index contributed by atoms with van der Waals surface area (Å²) in [6, 6.07) is 3.81. The molecule has 0 saturated heterocycles. The van der Waals surface area contributed by atoms with Crippen molar-refractivity contribution in [2.45, 2.75) is 6.10 Å². The lowest BCUT2D eigenvalue weighted by Crippen LogP contribution is -2.09. The fourth-order valence-corrected chi connectivity index (χ4v) is 1.60. The molecule has 0 bridgehead atoms. The Bertz CT molecular complexity index is 211. The highest BCUT2D eigenvalue weighted by Gasteiger charge is 2.07. The average Bonchev–Trinajstić information content (AvgIpc) is 2.65. The van der Waals surface area contributed by atoms with Crippen LogP contribution >= 0.6 is 11.3 Å². The fraction of sp³-hybridized carbons (Fsp3) is 0.556. The van der Waals surface area contributed by atoms with Crippen molar-refractivity contribution in [2.24, 2.45) is 0 Å². The summed E-state index contributed by atoms with van der Waals surface area (Å²) in [6.45, 7) is 1.43. The van der Waals surface area contributed by atoms with Crippen LogP contribution in [0.1, 0.15) is 11.0 Å². The topological polar surface area (TPSA) is 38.7 Å². The molecule has 4 heteroatoms. The molecule has 1 heterocycles. The standard InChI is InChI=1S/C9H14O3S/c1-11-4-5-12-7-8(10)9-3-2-6-13-9/h2-3,6,8,10H,4-5,7H2,1H3. The number of methoxy groups -OCH3 is 1. The maximum Gasteiger partial charge on any atom is 0.111 e. The van der Waals surface area contributed by atoms with Crippen molar-refractivity contribution in [1.82, 2.24) is 0 Å². The molecule has 13 heavy (non-hydrogen) atoms. The van der Waals surface area contributed by atoms with E-state index in [0.29, 0.717) is 19.8 Å². The number of aliphatic hydroxyl groups is 1. The number of thiophene rings is 1. The van der Waals surface area contributed by atoms with Gasteiger partial charge >= 0.3 is 0 Å². The quantitative estimate of drug-likeness (QED) is 0.709. The highest BCUT2D eigenvalue weighted by Crippen LogP contribution is 2.18. The van der Waals surface area contributed by atoms with Crippen LogP contribution in [0.3, 0.4) is 0 Å². The summed E-state index contributed by atoms with van der Waals surface area (Å²) in [6.07, 6.45) is -0.503. The summed E-state index contributed by atoms with van der Waals surface area (Å²) in [5.41, 5.74) is 0. The van der Waals surface area contributed by atoms with E-state index in [-0.39, 0.29) is 0 Å². The van der Waals surface area contributed by atoms with Gasteiger partial charge in [0.2, 0.25) is 0 Å². The van der Waals surface area contributed by atoms with Crippen molar-refractivity contribution in [3.05, 3.63) is 22.4 Å². The summed E-state index contributed by atoms with van der Waals surface area (Å²) in [7, 11) is 1.62. The van der Waals surface area contributed by atoms with Crippen molar-refractivity contribution in [2.75, 3.05) is 26.9 Å². The van der Waals surface area contributed by atoms with Crippen LogP contribution in [0.4, 0.5) is 0 Å². The maximum atomic E-state index is 9.55. The molecule has 0 amide bonds. The largest absolute Gasteiger partial charge is 0.385 e. The van der Waals surface area contributed by atoms with E-state index in [1.54, 1.807) is 7.11 Å². The van der Waals surface area contributed by atoms with Crippen LogP contribution in [0.15, 0.2) is 17.5 Å². The predicted octanol–water partition coefficient (Wildman–Crippen LogP) is 1.44. The SMILES string of the molecule is COCCOCC(O)c1cccs1. The summed E-state index contributed by atoms with van der Waals surface area (Å²) in [5, 5.41) is 11.5. The Labute approximate surface area is 81.9 Å². The van der Waals surface area contributed by atoms with Gasteiger partial charge in [0.15, 0.2) is 0 Å². The Balaban J connectivity index is 2.15. The molecule has 1 atom stereocenters. The first-order valence-corrected chi connectivity index (χ1v) is 5.00. The van der Waals surface area contributed by atoms with Gasteiger partial charge in [0.05, 0.1) is 19.8 Å². The van der Waals surface area contributed by atoms with Gasteiger partial charge in [0.25, 0.3) is 0 Å². The molecular weight excluding hydrogens is 188 g/mol. The van der Waals surface area contributed by atoms with Crippen molar-refractivity contribution >= 4 is 11.3 Å². The zero-order valence-corrected chi connectivity index (χ0v) is 8.42. The lowest BCUT2D eigenvalue weighted by Gasteiger charge is -2.08. The van der Waals surface area contributed by atoms with Gasteiger partial charge in [-0.15, -0.1) is 11.3 Å². The van der Waals surface area contributed by atoms with Crippen molar-refractivity contribution in [3.8, 4) is 0 Å². The molecule has 0 saturated carbocycles. The third-order valence-electron chi connectivity index (χ3n) is 1.58. The van der Waals surface area contributed by atoms with E-state index in [9.17, 15) is 5.11 Å². The molecule has 1 aromatic heterocycles. The molecule has 0 aliphatic carbocycles. The third-order valence-corrected chi connectivity index (χ3v) is 2.55. The summed E-state index contributed by atoms with van der Waals surface area (Å²) < 4.78 is 10.0. The van der Waals surface area contributed by atoms with Gasteiger partial charge in [0, 0.05) is 12.0 Å². The van der Waals surface area contributed by atoms with Gasteiger partial charge < -0.3 is 14.6 Å². The fourth-order valence-electron chi connectivity index (χ4n) is 0.900. The Kier molecular flexibility index (Phi) is 5.00. The molecular formula is C9H14O3S. The molecule has 1 aromatic rings. The monoisotopic (exact) mass is 202 g/mol. The molecule has 1 rings (SSSR count). The van der Waals surface area contributed by atoms with Gasteiger partial charge in [-0.05, 0) is 11.4 Å². The smallest absolute Gasteiger partial charge is 0.111 e. The van der Waals surface area contributed by atoms with Gasteiger partial charge in [-0.25, -0.2) is 0 Å². The normalized spacial score (nSPS) is 13.1. The minimum Gasteiger partial charge on any atom is -0.385 e. The second kappa shape index (κ2) is 6.10.